The Bertz CT molecular complexity index is 1790. The topological polar surface area (TPSA) is 108 Å². The normalized spacial score (nSPS) is 34.2. The van der Waals surface area contributed by atoms with E-state index in [9.17, 15) is 19.5 Å². The molecular weight excluding hydrogens is 644 g/mol. The fraction of sp³-hybridized carbons (Fsp3) is 0.558. The number of allylic oxidation sites excluding steroid dienone is 7. The molecule has 274 valence electrons. The second-order valence-electron chi connectivity index (χ2n) is 16.7. The van der Waals surface area contributed by atoms with E-state index in [0.717, 1.165) is 61.7 Å². The van der Waals surface area contributed by atoms with Crippen LogP contribution in [0.1, 0.15) is 98.5 Å². The van der Waals surface area contributed by atoms with Crippen molar-refractivity contribution in [2.45, 2.75) is 92.9 Å². The van der Waals surface area contributed by atoms with Crippen molar-refractivity contribution < 1.29 is 38.4 Å². The number of benzene rings is 1. The minimum Gasteiger partial charge on any atom is -0.504 e. The molecule has 51 heavy (non-hydrogen) atoms. The van der Waals surface area contributed by atoms with Crippen LogP contribution in [0.15, 0.2) is 70.6 Å². The molecule has 3 saturated carbocycles. The predicted octanol–water partition coefficient (Wildman–Crippen LogP) is 8.82. The van der Waals surface area contributed by atoms with Crippen molar-refractivity contribution in [2.75, 3.05) is 27.4 Å². The first kappa shape index (κ1) is 36.7. The van der Waals surface area contributed by atoms with E-state index in [1.807, 2.05) is 13.0 Å². The lowest BCUT2D eigenvalue weighted by Gasteiger charge is -2.70. The van der Waals surface area contributed by atoms with Crippen LogP contribution in [0.3, 0.4) is 0 Å². The number of methoxy groups -OCH3 is 2. The molecule has 3 fully saturated rings. The SMILES string of the molecule is COC(=O)/C=C\c1ccc(OC)c(OCCCOC(=O)[C@]2(C)CC[C@]3(C)CC[C@]4(C)C5=CC=C6C(=CC(=O)C(O)=C6C)[C@]5(C)CC[C@@]4(C)[C@@H]3C2)c1. The van der Waals surface area contributed by atoms with Crippen LogP contribution in [0.25, 0.3) is 6.08 Å². The van der Waals surface area contributed by atoms with Crippen molar-refractivity contribution in [1.82, 2.24) is 0 Å². The minimum atomic E-state index is -0.581. The number of ether oxygens (including phenoxy) is 4. The maximum Gasteiger partial charge on any atom is 0.330 e. The first-order chi connectivity index (χ1) is 24.0. The first-order valence-electron chi connectivity index (χ1n) is 18.4. The maximum atomic E-state index is 13.9. The summed E-state index contributed by atoms with van der Waals surface area (Å²) >= 11 is 0. The van der Waals surface area contributed by atoms with Gasteiger partial charge in [0.1, 0.15) is 0 Å². The van der Waals surface area contributed by atoms with Crippen LogP contribution < -0.4 is 9.47 Å². The van der Waals surface area contributed by atoms with Crippen molar-refractivity contribution in [1.29, 1.82) is 0 Å². The molecule has 0 aliphatic heterocycles. The molecule has 0 amide bonds. The number of hydrogen-bond donors (Lipinski definition) is 1. The second-order valence-corrected chi connectivity index (χ2v) is 16.7. The van der Waals surface area contributed by atoms with Crippen molar-refractivity contribution in [3.63, 3.8) is 0 Å². The fourth-order valence-corrected chi connectivity index (χ4v) is 10.4. The van der Waals surface area contributed by atoms with Gasteiger partial charge in [-0.15, -0.1) is 0 Å². The van der Waals surface area contributed by atoms with Crippen LogP contribution in [0.4, 0.5) is 0 Å². The molecule has 0 saturated heterocycles. The summed E-state index contributed by atoms with van der Waals surface area (Å²) in [6.45, 7) is 14.2. The van der Waals surface area contributed by atoms with Crippen LogP contribution in [-0.2, 0) is 23.9 Å². The van der Waals surface area contributed by atoms with Gasteiger partial charge in [0.05, 0.1) is 32.8 Å². The summed E-state index contributed by atoms with van der Waals surface area (Å²) in [6.07, 6.45) is 16.3. The Morgan fingerprint density at radius 3 is 2.41 bits per heavy atom. The Morgan fingerprint density at radius 2 is 1.69 bits per heavy atom. The highest BCUT2D eigenvalue weighted by Crippen LogP contribution is 2.75. The molecule has 6 rings (SSSR count). The molecule has 1 aromatic rings. The van der Waals surface area contributed by atoms with Gasteiger partial charge in [0.2, 0.25) is 5.78 Å². The second kappa shape index (κ2) is 13.2. The zero-order valence-corrected chi connectivity index (χ0v) is 31.6. The third kappa shape index (κ3) is 5.96. The van der Waals surface area contributed by atoms with Crippen LogP contribution in [0.5, 0.6) is 11.5 Å². The standard InChI is InChI=1S/C43H54O8/c1-27-29-12-14-34-41(4,30(29)25-31(44)37(27)46)19-21-43(6)35-26-40(3,17-16-39(35,2)18-20-42(34,43)5)38(47)51-23-9-22-50-33-24-28(10-13-32(33)48-7)11-15-36(45)49-8/h10-15,24-25,35,46H,9,16-23,26H2,1-8H3/b15-11-/t35-,39-,40-,41+,42-,43+/m1/s1. The quantitative estimate of drug-likeness (QED) is 0.155. The Balaban J connectivity index is 1.14. The lowest BCUT2D eigenvalue weighted by Crippen LogP contribution is -2.62. The first-order valence-corrected chi connectivity index (χ1v) is 18.4. The van der Waals surface area contributed by atoms with Crippen molar-refractivity contribution in [3.05, 3.63) is 76.1 Å². The summed E-state index contributed by atoms with van der Waals surface area (Å²) in [5.74, 6) is 0.422. The van der Waals surface area contributed by atoms with Crippen LogP contribution in [0, 0.1) is 33.0 Å². The summed E-state index contributed by atoms with van der Waals surface area (Å²) in [5, 5.41) is 10.5. The van der Waals surface area contributed by atoms with E-state index >= 15 is 0 Å². The van der Waals surface area contributed by atoms with Gasteiger partial charge in [0, 0.05) is 23.5 Å². The predicted molar refractivity (Wildman–Crippen MR) is 196 cm³/mol. The summed E-state index contributed by atoms with van der Waals surface area (Å²) in [4.78, 5) is 38.2. The Labute approximate surface area is 302 Å². The zero-order valence-electron chi connectivity index (χ0n) is 31.6. The molecular formula is C43H54O8. The van der Waals surface area contributed by atoms with Crippen LogP contribution in [0.2, 0.25) is 0 Å². The van der Waals surface area contributed by atoms with Crippen molar-refractivity contribution in [3.8, 4) is 11.5 Å². The number of aliphatic hydroxyl groups is 1. The minimum absolute atomic E-state index is 0.0433. The molecule has 6 atom stereocenters. The zero-order chi connectivity index (χ0) is 37.0. The summed E-state index contributed by atoms with van der Waals surface area (Å²) < 4.78 is 22.1. The Kier molecular flexibility index (Phi) is 9.47. The van der Waals surface area contributed by atoms with Crippen LogP contribution >= 0.6 is 0 Å². The number of hydrogen-bond acceptors (Lipinski definition) is 8. The average molecular weight is 699 g/mol. The lowest BCUT2D eigenvalue weighted by atomic mass is 9.34. The van der Waals surface area contributed by atoms with Gasteiger partial charge >= 0.3 is 11.9 Å². The highest BCUT2D eigenvalue weighted by Gasteiger charge is 2.67. The summed E-state index contributed by atoms with van der Waals surface area (Å²) in [5.41, 5.74) is 3.95. The monoisotopic (exact) mass is 698 g/mol. The molecule has 0 radical (unpaired) electrons. The Hall–Kier alpha value is -4.07. The number of rotatable bonds is 9. The van der Waals surface area contributed by atoms with Gasteiger partial charge in [-0.1, -0.05) is 51.5 Å². The van der Waals surface area contributed by atoms with Gasteiger partial charge in [-0.05, 0) is 122 Å². The molecule has 1 N–H and O–H groups in total. The number of ketones is 1. The number of aliphatic hydroxyl groups excluding tert-OH is 1. The van der Waals surface area contributed by atoms with Gasteiger partial charge in [-0.3, -0.25) is 9.59 Å². The molecule has 0 unspecified atom stereocenters. The van der Waals surface area contributed by atoms with Gasteiger partial charge in [-0.25, -0.2) is 4.79 Å². The van der Waals surface area contributed by atoms with Crippen molar-refractivity contribution >= 4 is 23.8 Å². The molecule has 8 nitrogen and oxygen atoms in total. The molecule has 0 heterocycles. The van der Waals surface area contributed by atoms with Gasteiger partial charge in [0.25, 0.3) is 0 Å². The number of fused-ring (bicyclic) bond motifs is 7. The third-order valence-corrected chi connectivity index (χ3v) is 13.9. The van der Waals surface area contributed by atoms with E-state index in [-0.39, 0.29) is 45.8 Å². The highest BCUT2D eigenvalue weighted by atomic mass is 16.5. The number of esters is 2. The Morgan fingerprint density at radius 1 is 0.941 bits per heavy atom. The molecule has 5 aliphatic rings. The van der Waals surface area contributed by atoms with Crippen LogP contribution in [-0.4, -0.2) is 50.3 Å². The highest BCUT2D eigenvalue weighted by molar-refractivity contribution is 6.06. The molecule has 0 bridgehead atoms. The molecule has 0 aromatic heterocycles. The number of carbonyl (C=O) groups is 3. The van der Waals surface area contributed by atoms with Gasteiger partial charge in [0.15, 0.2) is 17.3 Å². The largest absolute Gasteiger partial charge is 0.504 e. The molecule has 1 aromatic carbocycles. The fourth-order valence-electron chi connectivity index (χ4n) is 10.4. The maximum absolute atomic E-state index is 13.9. The van der Waals surface area contributed by atoms with E-state index in [4.69, 9.17) is 14.2 Å². The van der Waals surface area contributed by atoms with E-state index in [1.54, 1.807) is 31.4 Å². The van der Waals surface area contributed by atoms with E-state index in [0.29, 0.717) is 36.0 Å². The van der Waals surface area contributed by atoms with E-state index < -0.39 is 11.4 Å². The van der Waals surface area contributed by atoms with E-state index in [2.05, 4.69) is 51.5 Å². The summed E-state index contributed by atoms with van der Waals surface area (Å²) in [6, 6.07) is 5.40. The lowest BCUT2D eigenvalue weighted by molar-refractivity contribution is -0.182. The van der Waals surface area contributed by atoms with E-state index in [1.165, 1.54) is 18.8 Å². The number of carbonyl (C=O) groups excluding carboxylic acids is 3. The van der Waals surface area contributed by atoms with Gasteiger partial charge in [-0.2, -0.15) is 0 Å². The average Bonchev–Trinajstić information content (AvgIpc) is 3.11. The molecule has 5 aliphatic carbocycles. The molecule has 8 heteroatoms. The molecule has 0 spiro atoms. The van der Waals surface area contributed by atoms with Gasteiger partial charge < -0.3 is 24.1 Å². The smallest absolute Gasteiger partial charge is 0.330 e. The third-order valence-electron chi connectivity index (χ3n) is 13.9. The summed E-state index contributed by atoms with van der Waals surface area (Å²) in [7, 11) is 2.91. The van der Waals surface area contributed by atoms with Crippen molar-refractivity contribution in [2.24, 2.45) is 33.0 Å².